The number of carbonyl (C=O) groups is 2. The predicted molar refractivity (Wildman–Crippen MR) is 210 cm³/mol. The molecule has 0 amide bonds. The molecule has 6 atom stereocenters. The molecule has 10 heteroatoms. The largest absolute Gasteiger partial charge is 0.462 e. The first kappa shape index (κ1) is 49.2. The van der Waals surface area contributed by atoms with Crippen molar-refractivity contribution < 1.29 is 49.0 Å². The highest BCUT2D eigenvalue weighted by Gasteiger charge is 2.44. The number of unbranched alkanes of at least 4 members (excludes halogenated alkanes) is 20. The molecule has 0 bridgehead atoms. The van der Waals surface area contributed by atoms with E-state index in [0.717, 1.165) is 32.1 Å². The second-order valence-electron chi connectivity index (χ2n) is 14.8. The van der Waals surface area contributed by atoms with Gasteiger partial charge in [0.1, 0.15) is 31.0 Å². The molecule has 53 heavy (non-hydrogen) atoms. The fourth-order valence-electron chi connectivity index (χ4n) is 6.42. The van der Waals surface area contributed by atoms with Gasteiger partial charge in [-0.3, -0.25) is 9.59 Å². The zero-order chi connectivity index (χ0) is 38.8. The number of esters is 2. The molecule has 1 fully saturated rings. The van der Waals surface area contributed by atoms with Crippen LogP contribution in [-0.2, 0) is 28.5 Å². The van der Waals surface area contributed by atoms with Crippen LogP contribution in [0.15, 0.2) is 24.3 Å². The third-order valence-electron chi connectivity index (χ3n) is 9.85. The summed E-state index contributed by atoms with van der Waals surface area (Å²) in [6.07, 6.45) is 29.1. The van der Waals surface area contributed by atoms with Crippen molar-refractivity contribution in [3.05, 3.63) is 24.3 Å². The van der Waals surface area contributed by atoms with Crippen molar-refractivity contribution in [2.24, 2.45) is 0 Å². The van der Waals surface area contributed by atoms with Gasteiger partial charge in [-0.1, -0.05) is 160 Å². The first-order chi connectivity index (χ1) is 25.8. The van der Waals surface area contributed by atoms with Gasteiger partial charge in [0.05, 0.1) is 13.2 Å². The fraction of sp³-hybridized carbons (Fsp3) is 0.860. The molecule has 0 spiro atoms. The number of aliphatic hydroxyl groups excluding tert-OH is 4. The highest BCUT2D eigenvalue weighted by molar-refractivity contribution is 5.70. The van der Waals surface area contributed by atoms with E-state index in [-0.39, 0.29) is 32.0 Å². The number of hydrogen-bond acceptors (Lipinski definition) is 10. The molecule has 0 aromatic rings. The second kappa shape index (κ2) is 34.7. The first-order valence-electron chi connectivity index (χ1n) is 21.4. The standard InChI is InChI=1S/C43H78O10/c1-3-5-7-9-11-13-15-17-18-20-21-23-25-27-29-31-38(45)50-34-36(35-51-43-42(49)41(48)40(47)37(33-44)53-43)52-39(46)32-30-28-26-24-22-19-16-14-12-10-8-6-4-2/h19,22,26,28,36-37,40-44,47-49H,3-18,20-21,23-25,27,29-35H2,1-2H3/b22-19+,28-26+/t36?,37-,40+,41?,42?,43-/m0/s1. The first-order valence-corrected chi connectivity index (χ1v) is 21.4. The van der Waals surface area contributed by atoms with E-state index in [0.29, 0.717) is 6.42 Å². The monoisotopic (exact) mass is 755 g/mol. The van der Waals surface area contributed by atoms with Crippen LogP contribution in [0.1, 0.15) is 181 Å². The van der Waals surface area contributed by atoms with E-state index >= 15 is 0 Å². The summed E-state index contributed by atoms with van der Waals surface area (Å²) in [6.45, 7) is 3.36. The summed E-state index contributed by atoms with van der Waals surface area (Å²) in [4.78, 5) is 25.2. The summed E-state index contributed by atoms with van der Waals surface area (Å²) in [7, 11) is 0. The van der Waals surface area contributed by atoms with Crippen molar-refractivity contribution >= 4 is 11.9 Å². The Morgan fingerprint density at radius 3 is 1.64 bits per heavy atom. The van der Waals surface area contributed by atoms with Gasteiger partial charge in [-0.25, -0.2) is 0 Å². The van der Waals surface area contributed by atoms with Gasteiger partial charge in [-0.05, 0) is 32.1 Å². The molecule has 1 heterocycles. The van der Waals surface area contributed by atoms with E-state index < -0.39 is 49.4 Å². The highest BCUT2D eigenvalue weighted by Crippen LogP contribution is 2.22. The van der Waals surface area contributed by atoms with Crippen molar-refractivity contribution in [1.82, 2.24) is 0 Å². The van der Waals surface area contributed by atoms with Crippen LogP contribution in [0.3, 0.4) is 0 Å². The van der Waals surface area contributed by atoms with Gasteiger partial charge in [0.25, 0.3) is 0 Å². The lowest BCUT2D eigenvalue weighted by atomic mass is 9.99. The maximum absolute atomic E-state index is 12.7. The van der Waals surface area contributed by atoms with E-state index in [2.05, 4.69) is 26.0 Å². The van der Waals surface area contributed by atoms with Gasteiger partial charge in [0.15, 0.2) is 12.4 Å². The van der Waals surface area contributed by atoms with Crippen molar-refractivity contribution in [1.29, 1.82) is 0 Å². The van der Waals surface area contributed by atoms with E-state index in [1.807, 2.05) is 12.2 Å². The number of ether oxygens (including phenoxy) is 4. The van der Waals surface area contributed by atoms with Crippen molar-refractivity contribution in [3.63, 3.8) is 0 Å². The smallest absolute Gasteiger partial charge is 0.306 e. The van der Waals surface area contributed by atoms with Crippen LogP contribution in [0.4, 0.5) is 0 Å². The average Bonchev–Trinajstić information content (AvgIpc) is 3.15. The molecule has 0 aliphatic carbocycles. The van der Waals surface area contributed by atoms with Crippen molar-refractivity contribution in [3.8, 4) is 0 Å². The quantitative estimate of drug-likeness (QED) is 0.0281. The van der Waals surface area contributed by atoms with Crippen molar-refractivity contribution in [2.75, 3.05) is 19.8 Å². The van der Waals surface area contributed by atoms with Gasteiger partial charge in [0.2, 0.25) is 0 Å². The summed E-state index contributed by atoms with van der Waals surface area (Å²) in [5, 5.41) is 40.0. The van der Waals surface area contributed by atoms with Gasteiger partial charge in [-0.2, -0.15) is 0 Å². The summed E-state index contributed by atoms with van der Waals surface area (Å²) in [5.74, 6) is -0.879. The summed E-state index contributed by atoms with van der Waals surface area (Å²) < 4.78 is 22.0. The molecule has 1 aliphatic rings. The Balaban J connectivity index is 2.38. The van der Waals surface area contributed by atoms with Gasteiger partial charge >= 0.3 is 11.9 Å². The van der Waals surface area contributed by atoms with Crippen LogP contribution in [0.2, 0.25) is 0 Å². The zero-order valence-corrected chi connectivity index (χ0v) is 33.5. The van der Waals surface area contributed by atoms with E-state index in [1.54, 1.807) is 0 Å². The summed E-state index contributed by atoms with van der Waals surface area (Å²) in [5.41, 5.74) is 0. The zero-order valence-electron chi connectivity index (χ0n) is 33.5. The van der Waals surface area contributed by atoms with Crippen LogP contribution >= 0.6 is 0 Å². The molecule has 310 valence electrons. The lowest BCUT2D eigenvalue weighted by molar-refractivity contribution is -0.305. The normalized spacial score (nSPS) is 21.1. The van der Waals surface area contributed by atoms with Crippen LogP contribution in [-0.4, -0.2) is 89.0 Å². The molecule has 0 aromatic carbocycles. The summed E-state index contributed by atoms with van der Waals surface area (Å²) in [6, 6.07) is 0. The van der Waals surface area contributed by atoms with Gasteiger partial charge in [-0.15, -0.1) is 0 Å². The second-order valence-corrected chi connectivity index (χ2v) is 14.8. The average molecular weight is 755 g/mol. The molecule has 1 rings (SSSR count). The number of allylic oxidation sites excluding steroid dienone is 4. The third kappa shape index (κ3) is 26.6. The van der Waals surface area contributed by atoms with E-state index in [1.165, 1.54) is 116 Å². The Hall–Kier alpha value is -1.82. The van der Waals surface area contributed by atoms with E-state index in [9.17, 15) is 30.0 Å². The minimum absolute atomic E-state index is 0.127. The van der Waals surface area contributed by atoms with Gasteiger partial charge < -0.3 is 39.4 Å². The maximum atomic E-state index is 12.7. The molecular formula is C43H78O10. The minimum atomic E-state index is -1.60. The lowest BCUT2D eigenvalue weighted by Crippen LogP contribution is -2.59. The molecule has 3 unspecified atom stereocenters. The molecule has 0 radical (unpaired) electrons. The molecule has 4 N–H and O–H groups in total. The molecule has 0 aromatic heterocycles. The fourth-order valence-corrected chi connectivity index (χ4v) is 6.42. The number of rotatable bonds is 35. The topological polar surface area (TPSA) is 152 Å². The SMILES string of the molecule is CCCCCCCC/C=C/C/C=C/CCC(=O)OC(COC(=O)CCCCCCCCCCCCCCCCC)CO[C@H]1O[C@@H](CO)[C@@H](O)C(O)C1O. The van der Waals surface area contributed by atoms with Crippen LogP contribution in [0.5, 0.6) is 0 Å². The Kier molecular flexibility index (Phi) is 32.2. The number of carbonyl (C=O) groups excluding carboxylic acids is 2. The Morgan fingerprint density at radius 1 is 0.585 bits per heavy atom. The molecular weight excluding hydrogens is 676 g/mol. The van der Waals surface area contributed by atoms with Crippen molar-refractivity contribution in [2.45, 2.75) is 218 Å². The Labute approximate surface area is 322 Å². The highest BCUT2D eigenvalue weighted by atomic mass is 16.7. The lowest BCUT2D eigenvalue weighted by Gasteiger charge is -2.39. The molecule has 1 aliphatic heterocycles. The Bertz CT molecular complexity index is 923. The van der Waals surface area contributed by atoms with Crippen LogP contribution < -0.4 is 0 Å². The third-order valence-corrected chi connectivity index (χ3v) is 9.85. The predicted octanol–water partition coefficient (Wildman–Crippen LogP) is 8.55. The number of hydrogen-bond donors (Lipinski definition) is 4. The molecule has 0 saturated carbocycles. The van der Waals surface area contributed by atoms with Crippen LogP contribution in [0, 0.1) is 0 Å². The number of aliphatic hydroxyl groups is 4. The van der Waals surface area contributed by atoms with E-state index in [4.69, 9.17) is 18.9 Å². The van der Waals surface area contributed by atoms with Crippen LogP contribution in [0.25, 0.3) is 0 Å². The maximum Gasteiger partial charge on any atom is 0.306 e. The van der Waals surface area contributed by atoms with Gasteiger partial charge in [0, 0.05) is 12.8 Å². The Morgan fingerprint density at radius 2 is 1.09 bits per heavy atom. The molecule has 1 saturated heterocycles. The molecule has 10 nitrogen and oxygen atoms in total. The minimum Gasteiger partial charge on any atom is -0.462 e. The summed E-state index contributed by atoms with van der Waals surface area (Å²) >= 11 is 0.